The van der Waals surface area contributed by atoms with Gasteiger partial charge in [0.2, 0.25) is 11.8 Å². The van der Waals surface area contributed by atoms with Crippen molar-refractivity contribution in [3.05, 3.63) is 65.5 Å². The Bertz CT molecular complexity index is 1110. The fourth-order valence-electron chi connectivity index (χ4n) is 7.10. The molecule has 6 heteroatoms. The average molecular weight is 545 g/mol. The van der Waals surface area contributed by atoms with E-state index in [9.17, 15) is 9.59 Å². The van der Waals surface area contributed by atoms with Crippen molar-refractivity contribution in [2.45, 2.75) is 96.1 Å². The van der Waals surface area contributed by atoms with E-state index in [0.29, 0.717) is 36.5 Å². The number of hydrogen-bond acceptors (Lipinski definition) is 4. The third-order valence-corrected chi connectivity index (χ3v) is 9.59. The third kappa shape index (κ3) is 7.31. The summed E-state index contributed by atoms with van der Waals surface area (Å²) < 4.78 is 0. The van der Waals surface area contributed by atoms with Gasteiger partial charge in [-0.3, -0.25) is 19.5 Å². The molecule has 3 aliphatic rings. The van der Waals surface area contributed by atoms with Gasteiger partial charge in [-0.2, -0.15) is 0 Å². The topological polar surface area (TPSA) is 79.5 Å². The molecule has 0 bridgehead atoms. The molecule has 2 heterocycles. The summed E-state index contributed by atoms with van der Waals surface area (Å²) in [6.45, 7) is 6.94. The van der Waals surface area contributed by atoms with Crippen LogP contribution in [0.2, 0.25) is 0 Å². The minimum atomic E-state index is -0.196. The first-order valence-corrected chi connectivity index (χ1v) is 15.7. The number of amides is 2. The molecule has 1 aromatic carbocycles. The van der Waals surface area contributed by atoms with Crippen LogP contribution in [0.3, 0.4) is 0 Å². The largest absolute Gasteiger partial charge is 0.370 e. The highest BCUT2D eigenvalue weighted by molar-refractivity contribution is 5.77. The van der Waals surface area contributed by atoms with Crippen LogP contribution in [0, 0.1) is 17.8 Å². The first-order chi connectivity index (χ1) is 19.4. The quantitative estimate of drug-likeness (QED) is 0.416. The van der Waals surface area contributed by atoms with Gasteiger partial charge in [0.25, 0.3) is 0 Å². The predicted octanol–water partition coefficient (Wildman–Crippen LogP) is 6.07. The number of hydrogen-bond donors (Lipinski definition) is 1. The second-order valence-corrected chi connectivity index (χ2v) is 13.0. The number of carbonyl (C=O) groups is 2. The fourth-order valence-corrected chi connectivity index (χ4v) is 7.10. The zero-order valence-corrected chi connectivity index (χ0v) is 24.5. The van der Waals surface area contributed by atoms with Crippen molar-refractivity contribution in [3.63, 3.8) is 0 Å². The van der Waals surface area contributed by atoms with E-state index in [0.717, 1.165) is 69.8 Å². The fraction of sp³-hybridized carbons (Fsp3) is 0.618. The predicted molar refractivity (Wildman–Crippen MR) is 160 cm³/mol. The lowest BCUT2D eigenvalue weighted by atomic mass is 9.82. The van der Waals surface area contributed by atoms with Gasteiger partial charge in [-0.25, -0.2) is 0 Å². The summed E-state index contributed by atoms with van der Waals surface area (Å²) in [6.07, 6.45) is 12.1. The molecule has 2 saturated carbocycles. The first-order valence-electron chi connectivity index (χ1n) is 15.7. The maximum Gasteiger partial charge on any atom is 0.223 e. The number of benzene rings is 1. The van der Waals surface area contributed by atoms with Crippen molar-refractivity contribution in [2.75, 3.05) is 19.6 Å². The van der Waals surface area contributed by atoms with Crippen molar-refractivity contribution >= 4 is 11.8 Å². The van der Waals surface area contributed by atoms with E-state index in [1.54, 1.807) is 0 Å². The maximum absolute atomic E-state index is 13.8. The van der Waals surface area contributed by atoms with Crippen LogP contribution in [0.5, 0.6) is 0 Å². The van der Waals surface area contributed by atoms with Gasteiger partial charge in [0.05, 0.1) is 11.7 Å². The van der Waals surface area contributed by atoms with E-state index in [-0.39, 0.29) is 18.0 Å². The van der Waals surface area contributed by atoms with Gasteiger partial charge in [0, 0.05) is 44.7 Å². The Morgan fingerprint density at radius 3 is 2.20 bits per heavy atom. The summed E-state index contributed by atoms with van der Waals surface area (Å²) >= 11 is 0. The summed E-state index contributed by atoms with van der Waals surface area (Å²) in [5.41, 5.74) is 9.30. The number of carbonyl (C=O) groups excluding carboxylic acids is 2. The summed E-state index contributed by atoms with van der Waals surface area (Å²) in [5.74, 6) is 2.00. The number of pyridine rings is 1. The lowest BCUT2D eigenvalue weighted by molar-refractivity contribution is -0.139. The van der Waals surface area contributed by atoms with Gasteiger partial charge in [0.1, 0.15) is 0 Å². The van der Waals surface area contributed by atoms with Gasteiger partial charge in [-0.05, 0) is 85.5 Å². The molecule has 1 aliphatic heterocycles. The van der Waals surface area contributed by atoms with Crippen LogP contribution in [-0.4, -0.2) is 52.3 Å². The Hall–Kier alpha value is -2.73. The van der Waals surface area contributed by atoms with Gasteiger partial charge < -0.3 is 10.6 Å². The standard InChI is InChI=1S/C34H48N4O2/c1-24(2)31-23-37(34(30-9-5-6-18-36-30)29-16-14-28(15-17-29)27-12-13-27)19-20-38(31)33(40)22-26-8-4-3-7-25(10-11-26)21-32(35)39/h5-6,9,14-18,24-27,31,34H,3-4,7-8,10-13,19-23H2,1-2H3,(H2,35,39)/t25?,26?,31-,34?/m1/s1. The lowest BCUT2D eigenvalue weighted by Crippen LogP contribution is -2.58. The Kier molecular flexibility index (Phi) is 9.56. The Morgan fingerprint density at radius 1 is 0.900 bits per heavy atom. The van der Waals surface area contributed by atoms with Crippen molar-refractivity contribution < 1.29 is 9.59 Å². The summed E-state index contributed by atoms with van der Waals surface area (Å²) in [4.78, 5) is 34.8. The molecule has 216 valence electrons. The van der Waals surface area contributed by atoms with Gasteiger partial charge in [0.15, 0.2) is 0 Å². The smallest absolute Gasteiger partial charge is 0.223 e. The van der Waals surface area contributed by atoms with Gasteiger partial charge in [-0.15, -0.1) is 0 Å². The van der Waals surface area contributed by atoms with E-state index in [2.05, 4.69) is 60.0 Å². The van der Waals surface area contributed by atoms with Gasteiger partial charge in [-0.1, -0.05) is 57.0 Å². The van der Waals surface area contributed by atoms with Crippen molar-refractivity contribution in [3.8, 4) is 0 Å². The number of piperazine rings is 1. The number of nitrogens with zero attached hydrogens (tertiary/aromatic N) is 3. The normalized spacial score (nSPS) is 25.3. The molecular formula is C34H48N4O2. The molecule has 40 heavy (non-hydrogen) atoms. The molecule has 2 aromatic rings. The number of rotatable bonds is 9. The summed E-state index contributed by atoms with van der Waals surface area (Å²) in [5, 5.41) is 0. The molecule has 0 radical (unpaired) electrons. The van der Waals surface area contributed by atoms with Crippen molar-refractivity contribution in [1.29, 1.82) is 0 Å². The molecule has 3 unspecified atom stereocenters. The van der Waals surface area contributed by atoms with E-state index in [1.807, 2.05) is 12.3 Å². The second-order valence-electron chi connectivity index (χ2n) is 13.0. The Balaban J connectivity index is 1.28. The van der Waals surface area contributed by atoms with E-state index < -0.39 is 0 Å². The van der Waals surface area contributed by atoms with Crippen LogP contribution in [0.4, 0.5) is 0 Å². The molecule has 1 aromatic heterocycles. The van der Waals surface area contributed by atoms with Crippen molar-refractivity contribution in [2.24, 2.45) is 23.5 Å². The zero-order chi connectivity index (χ0) is 28.1. The van der Waals surface area contributed by atoms with Gasteiger partial charge >= 0.3 is 0 Å². The first kappa shape index (κ1) is 28.8. The minimum absolute atomic E-state index is 0.0840. The Labute approximate surface area is 240 Å². The van der Waals surface area contributed by atoms with Crippen LogP contribution in [0.25, 0.3) is 0 Å². The number of nitrogens with two attached hydrogens (primary N) is 1. The van der Waals surface area contributed by atoms with Crippen LogP contribution in [0.15, 0.2) is 48.7 Å². The maximum atomic E-state index is 13.8. The summed E-state index contributed by atoms with van der Waals surface area (Å²) in [6, 6.07) is 15.7. The lowest BCUT2D eigenvalue weighted by Gasteiger charge is -2.46. The third-order valence-electron chi connectivity index (χ3n) is 9.59. The van der Waals surface area contributed by atoms with E-state index in [1.165, 1.54) is 24.0 Å². The molecule has 6 nitrogen and oxygen atoms in total. The molecule has 2 N–H and O–H groups in total. The molecule has 1 saturated heterocycles. The molecule has 2 amide bonds. The number of aromatic nitrogens is 1. The van der Waals surface area contributed by atoms with Crippen LogP contribution in [-0.2, 0) is 9.59 Å². The van der Waals surface area contributed by atoms with E-state index in [4.69, 9.17) is 10.7 Å². The van der Waals surface area contributed by atoms with Crippen LogP contribution < -0.4 is 5.73 Å². The van der Waals surface area contributed by atoms with Crippen LogP contribution >= 0.6 is 0 Å². The number of primary amides is 1. The molecule has 5 rings (SSSR count). The zero-order valence-electron chi connectivity index (χ0n) is 24.5. The average Bonchev–Trinajstić information content (AvgIpc) is 3.79. The highest BCUT2D eigenvalue weighted by atomic mass is 16.2. The molecule has 2 aliphatic carbocycles. The minimum Gasteiger partial charge on any atom is -0.370 e. The molecule has 3 fully saturated rings. The highest BCUT2D eigenvalue weighted by Crippen LogP contribution is 2.41. The highest BCUT2D eigenvalue weighted by Gasteiger charge is 2.37. The summed E-state index contributed by atoms with van der Waals surface area (Å²) in [7, 11) is 0. The SMILES string of the molecule is CC(C)[C@H]1CN(C(c2ccc(C3CC3)cc2)c2ccccn2)CCN1C(=O)CC1CCCCC(CC(N)=O)CC1. The molecular weight excluding hydrogens is 496 g/mol. The molecule has 0 spiro atoms. The Morgan fingerprint density at radius 2 is 1.60 bits per heavy atom. The second kappa shape index (κ2) is 13.3. The molecule has 4 atom stereocenters. The monoisotopic (exact) mass is 544 g/mol. The van der Waals surface area contributed by atoms with E-state index >= 15 is 0 Å². The van der Waals surface area contributed by atoms with Crippen molar-refractivity contribution in [1.82, 2.24) is 14.8 Å². The van der Waals surface area contributed by atoms with Crippen LogP contribution in [0.1, 0.15) is 107 Å².